The third-order valence-electron chi connectivity index (χ3n) is 4.62. The summed E-state index contributed by atoms with van der Waals surface area (Å²) >= 11 is 0. The molecule has 1 amide bonds. The van der Waals surface area contributed by atoms with Gasteiger partial charge in [0.15, 0.2) is 6.10 Å². The second kappa shape index (κ2) is 8.74. The van der Waals surface area contributed by atoms with Gasteiger partial charge in [0, 0.05) is 13.0 Å². The number of nitrogens with zero attached hydrogens (tertiary/aromatic N) is 1. The molecule has 0 aliphatic carbocycles. The van der Waals surface area contributed by atoms with Crippen LogP contribution in [0.5, 0.6) is 5.75 Å². The van der Waals surface area contributed by atoms with E-state index in [1.54, 1.807) is 49.4 Å². The van der Waals surface area contributed by atoms with Gasteiger partial charge in [-0.2, -0.15) is 0 Å². The standard InChI is InChI=1S/C21H24N2O6S/c1-4-28-21(25)15-7-5-6-8-16(15)22-20(24)19-11-12-23(30(3,26)27)17-13-14(2)9-10-18(17)29-19/h5-10,13,19H,4,11-12H2,1-3H3,(H,22,24)/t19-/m1/s1. The van der Waals surface area contributed by atoms with E-state index in [2.05, 4.69) is 5.32 Å². The minimum absolute atomic E-state index is 0.0902. The minimum Gasteiger partial charge on any atom is -0.478 e. The van der Waals surface area contributed by atoms with Crippen molar-refractivity contribution in [2.75, 3.05) is 29.0 Å². The Morgan fingerprint density at radius 2 is 1.97 bits per heavy atom. The number of amides is 1. The molecule has 1 N–H and O–H groups in total. The zero-order valence-corrected chi connectivity index (χ0v) is 17.9. The molecule has 0 aromatic heterocycles. The van der Waals surface area contributed by atoms with Crippen molar-refractivity contribution in [1.29, 1.82) is 0 Å². The number of sulfonamides is 1. The van der Waals surface area contributed by atoms with Crippen LogP contribution in [0.3, 0.4) is 0 Å². The molecule has 160 valence electrons. The van der Waals surface area contributed by atoms with E-state index in [1.165, 1.54) is 4.31 Å². The minimum atomic E-state index is -3.55. The first kappa shape index (κ1) is 21.6. The number of hydrogen-bond donors (Lipinski definition) is 1. The van der Waals surface area contributed by atoms with E-state index in [-0.39, 0.29) is 25.1 Å². The zero-order chi connectivity index (χ0) is 21.9. The number of ether oxygens (including phenoxy) is 2. The fourth-order valence-corrected chi connectivity index (χ4v) is 4.15. The summed E-state index contributed by atoms with van der Waals surface area (Å²) in [5, 5.41) is 2.71. The van der Waals surface area contributed by atoms with Gasteiger partial charge in [-0.05, 0) is 43.7 Å². The van der Waals surface area contributed by atoms with Crippen molar-refractivity contribution in [2.24, 2.45) is 0 Å². The van der Waals surface area contributed by atoms with Crippen LogP contribution in [0.1, 0.15) is 29.3 Å². The zero-order valence-electron chi connectivity index (χ0n) is 17.0. The van der Waals surface area contributed by atoms with Crippen LogP contribution in [0.2, 0.25) is 0 Å². The predicted octanol–water partition coefficient (Wildman–Crippen LogP) is 2.73. The number of fused-ring (bicyclic) bond motifs is 1. The first-order valence-electron chi connectivity index (χ1n) is 9.52. The summed E-state index contributed by atoms with van der Waals surface area (Å²) in [6.07, 6.45) is 0.331. The highest BCUT2D eigenvalue weighted by Crippen LogP contribution is 2.35. The first-order chi connectivity index (χ1) is 14.2. The molecule has 0 fully saturated rings. The summed E-state index contributed by atoms with van der Waals surface area (Å²) in [5.74, 6) is -0.713. The molecular formula is C21H24N2O6S. The molecule has 30 heavy (non-hydrogen) atoms. The summed E-state index contributed by atoms with van der Waals surface area (Å²) < 4.78 is 36.7. The lowest BCUT2D eigenvalue weighted by atomic mass is 10.1. The molecule has 0 radical (unpaired) electrons. The second-order valence-electron chi connectivity index (χ2n) is 6.96. The topological polar surface area (TPSA) is 102 Å². The molecule has 0 saturated heterocycles. The summed E-state index contributed by atoms with van der Waals surface area (Å²) in [4.78, 5) is 25.1. The van der Waals surface area contributed by atoms with Crippen LogP contribution in [-0.2, 0) is 19.6 Å². The van der Waals surface area contributed by atoms with Gasteiger partial charge in [-0.1, -0.05) is 18.2 Å². The Morgan fingerprint density at radius 1 is 1.23 bits per heavy atom. The van der Waals surface area contributed by atoms with Crippen molar-refractivity contribution in [1.82, 2.24) is 0 Å². The maximum atomic E-state index is 12.9. The maximum Gasteiger partial charge on any atom is 0.340 e. The Balaban J connectivity index is 1.87. The normalized spacial score (nSPS) is 16.1. The number of anilines is 2. The van der Waals surface area contributed by atoms with Crippen LogP contribution in [0.25, 0.3) is 0 Å². The average Bonchev–Trinajstić information content (AvgIpc) is 2.87. The molecule has 1 aliphatic rings. The summed E-state index contributed by atoms with van der Waals surface area (Å²) in [5.41, 5.74) is 1.81. The molecule has 1 heterocycles. The Morgan fingerprint density at radius 3 is 2.67 bits per heavy atom. The molecule has 0 unspecified atom stereocenters. The number of nitrogens with one attached hydrogen (secondary N) is 1. The van der Waals surface area contributed by atoms with Gasteiger partial charge in [-0.3, -0.25) is 9.10 Å². The number of carbonyl (C=O) groups is 2. The largest absolute Gasteiger partial charge is 0.478 e. The number of esters is 1. The number of aryl methyl sites for hydroxylation is 1. The van der Waals surface area contributed by atoms with Gasteiger partial charge in [-0.15, -0.1) is 0 Å². The highest BCUT2D eigenvalue weighted by Gasteiger charge is 2.31. The van der Waals surface area contributed by atoms with E-state index in [4.69, 9.17) is 9.47 Å². The van der Waals surface area contributed by atoms with Gasteiger partial charge in [0.2, 0.25) is 10.0 Å². The van der Waals surface area contributed by atoms with Gasteiger partial charge in [0.1, 0.15) is 5.75 Å². The highest BCUT2D eigenvalue weighted by molar-refractivity contribution is 7.92. The van der Waals surface area contributed by atoms with Crippen molar-refractivity contribution in [3.05, 3.63) is 53.6 Å². The van der Waals surface area contributed by atoms with E-state index in [0.717, 1.165) is 11.8 Å². The van der Waals surface area contributed by atoms with Gasteiger partial charge >= 0.3 is 5.97 Å². The maximum absolute atomic E-state index is 12.9. The highest BCUT2D eigenvalue weighted by atomic mass is 32.2. The van der Waals surface area contributed by atoms with E-state index in [1.807, 2.05) is 6.92 Å². The molecule has 3 rings (SSSR count). The Kier molecular flexibility index (Phi) is 6.31. The van der Waals surface area contributed by atoms with Gasteiger partial charge in [-0.25, -0.2) is 13.2 Å². The van der Waals surface area contributed by atoms with E-state index >= 15 is 0 Å². The lowest BCUT2D eigenvalue weighted by molar-refractivity contribution is -0.122. The SMILES string of the molecule is CCOC(=O)c1ccccc1NC(=O)[C@H]1CCN(S(C)(=O)=O)c2cc(C)ccc2O1. The van der Waals surface area contributed by atoms with Crippen LogP contribution in [0.4, 0.5) is 11.4 Å². The first-order valence-corrected chi connectivity index (χ1v) is 11.4. The van der Waals surface area contributed by atoms with Crippen LogP contribution < -0.4 is 14.4 Å². The molecule has 1 aliphatic heterocycles. The van der Waals surface area contributed by atoms with Crippen molar-refractivity contribution >= 4 is 33.3 Å². The Bertz CT molecular complexity index is 1070. The molecular weight excluding hydrogens is 408 g/mol. The molecule has 0 bridgehead atoms. The number of rotatable bonds is 5. The van der Waals surface area contributed by atoms with Gasteiger partial charge < -0.3 is 14.8 Å². The molecule has 1 atom stereocenters. The van der Waals surface area contributed by atoms with Crippen molar-refractivity contribution in [2.45, 2.75) is 26.4 Å². The smallest absolute Gasteiger partial charge is 0.340 e. The molecule has 2 aromatic rings. The molecule has 8 nitrogen and oxygen atoms in total. The predicted molar refractivity (Wildman–Crippen MR) is 113 cm³/mol. The van der Waals surface area contributed by atoms with Crippen LogP contribution in [-0.4, -0.2) is 45.8 Å². The lowest BCUT2D eigenvalue weighted by Crippen LogP contribution is -2.36. The van der Waals surface area contributed by atoms with E-state index < -0.39 is 28.0 Å². The summed E-state index contributed by atoms with van der Waals surface area (Å²) in [6, 6.07) is 11.7. The van der Waals surface area contributed by atoms with Crippen LogP contribution in [0.15, 0.2) is 42.5 Å². The molecule has 2 aromatic carbocycles. The van der Waals surface area contributed by atoms with E-state index in [9.17, 15) is 18.0 Å². The molecule has 0 saturated carbocycles. The fourth-order valence-electron chi connectivity index (χ4n) is 3.21. The van der Waals surface area contributed by atoms with Crippen LogP contribution in [0, 0.1) is 6.92 Å². The number of benzene rings is 2. The monoisotopic (exact) mass is 432 g/mol. The van der Waals surface area contributed by atoms with E-state index in [0.29, 0.717) is 17.1 Å². The van der Waals surface area contributed by atoms with Crippen molar-refractivity contribution < 1.29 is 27.5 Å². The quantitative estimate of drug-likeness (QED) is 0.729. The number of carbonyl (C=O) groups excluding carboxylic acids is 2. The van der Waals surface area contributed by atoms with Crippen molar-refractivity contribution in [3.8, 4) is 5.75 Å². The summed E-state index contributed by atoms with van der Waals surface area (Å²) in [7, 11) is -3.55. The third kappa shape index (κ3) is 4.73. The molecule has 0 spiro atoms. The lowest BCUT2D eigenvalue weighted by Gasteiger charge is -2.21. The van der Waals surface area contributed by atoms with Gasteiger partial charge in [0.25, 0.3) is 5.91 Å². The third-order valence-corrected chi connectivity index (χ3v) is 5.80. The Hall–Kier alpha value is -3.07. The van der Waals surface area contributed by atoms with Gasteiger partial charge in [0.05, 0.1) is 29.8 Å². The van der Waals surface area contributed by atoms with Crippen LogP contribution >= 0.6 is 0 Å². The Labute approximate surface area is 175 Å². The number of para-hydroxylation sites is 1. The average molecular weight is 432 g/mol. The number of hydrogen-bond acceptors (Lipinski definition) is 6. The molecule has 9 heteroatoms. The fraction of sp³-hybridized carbons (Fsp3) is 0.333. The second-order valence-corrected chi connectivity index (χ2v) is 8.86. The van der Waals surface area contributed by atoms with Crippen molar-refractivity contribution in [3.63, 3.8) is 0 Å². The summed E-state index contributed by atoms with van der Waals surface area (Å²) in [6.45, 7) is 3.85.